The molecule has 0 aliphatic heterocycles. The summed E-state index contributed by atoms with van der Waals surface area (Å²) in [6.45, 7) is 5.17. The SMILES string of the molecule is COc1ccc(-c2nnc(NC(=O)C(C)NC(=O)C(C)C)s2)cc1. The van der Waals surface area contributed by atoms with Crippen molar-refractivity contribution in [1.29, 1.82) is 0 Å². The summed E-state index contributed by atoms with van der Waals surface area (Å²) in [6, 6.07) is 6.76. The third-order valence-electron chi connectivity index (χ3n) is 3.27. The molecule has 24 heavy (non-hydrogen) atoms. The first-order valence-electron chi connectivity index (χ1n) is 7.50. The lowest BCUT2D eigenvalue weighted by molar-refractivity contribution is -0.128. The van der Waals surface area contributed by atoms with Crippen LogP contribution in [0.4, 0.5) is 5.13 Å². The third kappa shape index (κ3) is 4.51. The molecule has 2 rings (SSSR count). The minimum atomic E-state index is -0.645. The van der Waals surface area contributed by atoms with Gasteiger partial charge in [0.1, 0.15) is 16.8 Å². The summed E-state index contributed by atoms with van der Waals surface area (Å²) >= 11 is 1.26. The number of carbonyl (C=O) groups is 2. The Morgan fingerprint density at radius 2 is 1.75 bits per heavy atom. The Balaban J connectivity index is 2.00. The van der Waals surface area contributed by atoms with Crippen LogP contribution in [0, 0.1) is 5.92 Å². The first kappa shape index (κ1) is 17.9. The lowest BCUT2D eigenvalue weighted by atomic mass is 10.2. The van der Waals surface area contributed by atoms with Crippen molar-refractivity contribution in [3.05, 3.63) is 24.3 Å². The fourth-order valence-corrected chi connectivity index (χ4v) is 2.54. The molecule has 2 aromatic rings. The lowest BCUT2D eigenvalue weighted by Gasteiger charge is -2.14. The van der Waals surface area contributed by atoms with Crippen LogP contribution in [-0.4, -0.2) is 35.2 Å². The number of nitrogens with one attached hydrogen (secondary N) is 2. The molecule has 1 heterocycles. The van der Waals surface area contributed by atoms with Gasteiger partial charge in [-0.1, -0.05) is 25.2 Å². The Morgan fingerprint density at radius 3 is 2.33 bits per heavy atom. The van der Waals surface area contributed by atoms with Crippen LogP contribution >= 0.6 is 11.3 Å². The summed E-state index contributed by atoms with van der Waals surface area (Å²) < 4.78 is 5.11. The van der Waals surface area contributed by atoms with Gasteiger partial charge in [-0.05, 0) is 31.2 Å². The zero-order valence-electron chi connectivity index (χ0n) is 14.0. The Labute approximate surface area is 144 Å². The molecule has 0 saturated heterocycles. The van der Waals surface area contributed by atoms with Crippen LogP contribution in [0.15, 0.2) is 24.3 Å². The average molecular weight is 348 g/mol. The monoisotopic (exact) mass is 348 g/mol. The topological polar surface area (TPSA) is 93.2 Å². The maximum Gasteiger partial charge on any atom is 0.248 e. The van der Waals surface area contributed by atoms with Gasteiger partial charge in [0.05, 0.1) is 7.11 Å². The summed E-state index contributed by atoms with van der Waals surface area (Å²) in [6.07, 6.45) is 0. The Hall–Kier alpha value is -2.48. The highest BCUT2D eigenvalue weighted by atomic mass is 32.1. The first-order valence-corrected chi connectivity index (χ1v) is 8.31. The maximum atomic E-state index is 12.1. The van der Waals surface area contributed by atoms with E-state index in [1.165, 1.54) is 11.3 Å². The van der Waals surface area contributed by atoms with E-state index in [2.05, 4.69) is 20.8 Å². The van der Waals surface area contributed by atoms with E-state index in [1.54, 1.807) is 27.9 Å². The number of hydrogen-bond donors (Lipinski definition) is 2. The minimum absolute atomic E-state index is 0.172. The molecule has 0 radical (unpaired) electrons. The number of carbonyl (C=O) groups excluding carboxylic acids is 2. The molecule has 1 aromatic carbocycles. The molecule has 0 aliphatic carbocycles. The van der Waals surface area contributed by atoms with Gasteiger partial charge in [0.2, 0.25) is 16.9 Å². The molecule has 0 bridgehead atoms. The van der Waals surface area contributed by atoms with Crippen LogP contribution < -0.4 is 15.4 Å². The Bertz CT molecular complexity index is 712. The predicted octanol–water partition coefficient (Wildman–Crippen LogP) is 2.31. The van der Waals surface area contributed by atoms with E-state index in [0.29, 0.717) is 10.1 Å². The molecule has 0 spiro atoms. The van der Waals surface area contributed by atoms with Crippen molar-refractivity contribution in [3.8, 4) is 16.3 Å². The molecular formula is C16H20N4O3S. The summed E-state index contributed by atoms with van der Waals surface area (Å²) in [5.74, 6) is 0.0743. The second-order valence-electron chi connectivity index (χ2n) is 5.52. The van der Waals surface area contributed by atoms with E-state index in [9.17, 15) is 9.59 Å². The molecule has 7 nitrogen and oxygen atoms in total. The van der Waals surface area contributed by atoms with Crippen LogP contribution in [0.2, 0.25) is 0 Å². The second-order valence-corrected chi connectivity index (χ2v) is 6.49. The van der Waals surface area contributed by atoms with Crippen LogP contribution in [-0.2, 0) is 9.59 Å². The van der Waals surface area contributed by atoms with Gasteiger partial charge in [-0.2, -0.15) is 0 Å². The van der Waals surface area contributed by atoms with Crippen molar-refractivity contribution in [2.45, 2.75) is 26.8 Å². The van der Waals surface area contributed by atoms with Gasteiger partial charge in [-0.3, -0.25) is 14.9 Å². The number of anilines is 1. The molecule has 2 amide bonds. The first-order chi connectivity index (χ1) is 11.4. The van der Waals surface area contributed by atoms with E-state index < -0.39 is 6.04 Å². The van der Waals surface area contributed by atoms with Crippen molar-refractivity contribution >= 4 is 28.3 Å². The van der Waals surface area contributed by atoms with Crippen molar-refractivity contribution in [3.63, 3.8) is 0 Å². The van der Waals surface area contributed by atoms with Crippen molar-refractivity contribution in [1.82, 2.24) is 15.5 Å². The zero-order chi connectivity index (χ0) is 17.7. The quantitative estimate of drug-likeness (QED) is 0.835. The van der Waals surface area contributed by atoms with Crippen molar-refractivity contribution in [2.24, 2.45) is 5.92 Å². The molecule has 0 fully saturated rings. The molecule has 128 valence electrons. The lowest BCUT2D eigenvalue weighted by Crippen LogP contribution is -2.43. The second kappa shape index (κ2) is 7.87. The highest BCUT2D eigenvalue weighted by Crippen LogP contribution is 2.27. The molecule has 0 aliphatic rings. The largest absolute Gasteiger partial charge is 0.497 e. The van der Waals surface area contributed by atoms with E-state index in [4.69, 9.17) is 4.74 Å². The standard InChI is InChI=1S/C16H20N4O3S/c1-9(2)13(21)17-10(3)14(22)18-16-20-19-15(24-16)11-5-7-12(23-4)8-6-11/h5-10H,1-4H3,(H,17,21)(H,18,20,22). The molecule has 0 saturated carbocycles. The summed E-state index contributed by atoms with van der Waals surface area (Å²) in [5.41, 5.74) is 0.884. The van der Waals surface area contributed by atoms with E-state index >= 15 is 0 Å². The van der Waals surface area contributed by atoms with Gasteiger partial charge >= 0.3 is 0 Å². The Kier molecular flexibility index (Phi) is 5.86. The highest BCUT2D eigenvalue weighted by Gasteiger charge is 2.19. The third-order valence-corrected chi connectivity index (χ3v) is 4.16. The number of ether oxygens (including phenoxy) is 1. The number of amides is 2. The van der Waals surface area contributed by atoms with Crippen LogP contribution in [0.25, 0.3) is 10.6 Å². The van der Waals surface area contributed by atoms with Crippen molar-refractivity contribution < 1.29 is 14.3 Å². The molecular weight excluding hydrogens is 328 g/mol. The fourth-order valence-electron chi connectivity index (χ4n) is 1.78. The summed E-state index contributed by atoms with van der Waals surface area (Å²) in [7, 11) is 1.60. The minimum Gasteiger partial charge on any atom is -0.497 e. The van der Waals surface area contributed by atoms with Crippen LogP contribution in [0.1, 0.15) is 20.8 Å². The molecule has 1 unspecified atom stereocenters. The number of aromatic nitrogens is 2. The molecule has 2 N–H and O–H groups in total. The van der Waals surface area contributed by atoms with Gasteiger partial charge in [-0.15, -0.1) is 10.2 Å². The maximum absolute atomic E-state index is 12.1. The normalized spacial score (nSPS) is 11.9. The Morgan fingerprint density at radius 1 is 1.08 bits per heavy atom. The van der Waals surface area contributed by atoms with Gasteiger partial charge in [-0.25, -0.2) is 0 Å². The van der Waals surface area contributed by atoms with Crippen molar-refractivity contribution in [2.75, 3.05) is 12.4 Å². The molecule has 1 aromatic heterocycles. The summed E-state index contributed by atoms with van der Waals surface area (Å²) in [4.78, 5) is 23.7. The van der Waals surface area contributed by atoms with Gasteiger partial charge in [0.25, 0.3) is 0 Å². The highest BCUT2D eigenvalue weighted by molar-refractivity contribution is 7.18. The van der Waals surface area contributed by atoms with Crippen LogP contribution in [0.3, 0.4) is 0 Å². The number of benzene rings is 1. The molecule has 1 atom stereocenters. The summed E-state index contributed by atoms with van der Waals surface area (Å²) in [5, 5.41) is 14.4. The number of nitrogens with zero attached hydrogens (tertiary/aromatic N) is 2. The average Bonchev–Trinajstić information content (AvgIpc) is 3.03. The smallest absolute Gasteiger partial charge is 0.248 e. The number of rotatable bonds is 6. The molecule has 8 heteroatoms. The predicted molar refractivity (Wildman–Crippen MR) is 93.0 cm³/mol. The van der Waals surface area contributed by atoms with Gasteiger partial charge in [0.15, 0.2) is 0 Å². The number of hydrogen-bond acceptors (Lipinski definition) is 6. The van der Waals surface area contributed by atoms with E-state index in [1.807, 2.05) is 24.3 Å². The van der Waals surface area contributed by atoms with E-state index in [0.717, 1.165) is 11.3 Å². The number of methoxy groups -OCH3 is 1. The van der Waals surface area contributed by atoms with Gasteiger partial charge in [0, 0.05) is 11.5 Å². The fraction of sp³-hybridized carbons (Fsp3) is 0.375. The zero-order valence-corrected chi connectivity index (χ0v) is 14.8. The van der Waals surface area contributed by atoms with Gasteiger partial charge < -0.3 is 10.1 Å². The van der Waals surface area contributed by atoms with Crippen LogP contribution in [0.5, 0.6) is 5.75 Å². The van der Waals surface area contributed by atoms with E-state index in [-0.39, 0.29) is 17.7 Å².